The minimum Gasteiger partial charge on any atom is 1.00 e. The van der Waals surface area contributed by atoms with Crippen molar-refractivity contribution in [2.45, 2.75) is 0 Å². The van der Waals surface area contributed by atoms with Crippen molar-refractivity contribution in [3.8, 4) is 29.8 Å². The minimum absolute atomic E-state index is 0. The van der Waals surface area contributed by atoms with Crippen LogP contribution in [0.25, 0.3) is 0 Å². The van der Waals surface area contributed by atoms with E-state index >= 15 is 0 Å². The maximum Gasteiger partial charge on any atom is 2.00 e. The molecule has 0 aliphatic rings. The van der Waals surface area contributed by atoms with E-state index in [-0.39, 0.29) is 46.6 Å². The second-order valence-corrected chi connectivity index (χ2v) is 7.42. The fraction of sp³-hybridized carbons (Fsp3) is 0. The molecule has 9 heteroatoms. The molecule has 15 heavy (non-hydrogen) atoms. The van der Waals surface area contributed by atoms with Crippen LogP contribution in [0.4, 0.5) is 0 Å². The summed E-state index contributed by atoms with van der Waals surface area (Å²) in [6.07, 6.45) is 0. The Labute approximate surface area is 118 Å². The number of nitrogens with zero attached hydrogens (tertiary/aromatic N) is 6. The molecule has 0 N–H and O–H groups in total. The number of hydrogen-bond donors (Lipinski definition) is 0. The van der Waals surface area contributed by atoms with Crippen molar-refractivity contribution in [1.82, 2.24) is 0 Å². The quantitative estimate of drug-likeness (QED) is 0.438. The zero-order valence-corrected chi connectivity index (χ0v) is 11.7. The zero-order chi connectivity index (χ0) is 10.7. The minimum atomic E-state index is -6.17. The van der Waals surface area contributed by atoms with Crippen molar-refractivity contribution in [2.75, 3.05) is 0 Å². The fourth-order valence-electron chi connectivity index (χ4n) is 0.265. The second-order valence-electron chi connectivity index (χ2n) is 1.80. The maximum atomic E-state index is 8.58. The fourth-order valence-corrected chi connectivity index (χ4v) is 1.09. The van der Waals surface area contributed by atoms with E-state index in [1.54, 1.807) is 0 Å². The predicted octanol–water partition coefficient (Wildman–Crippen LogP) is -2.90. The summed E-state index contributed by atoms with van der Waals surface area (Å²) in [5, 5.41) is 51.5. The van der Waals surface area contributed by atoms with E-state index in [0.29, 0.717) is 0 Å². The standard InChI is InChI=1S/6CN.Fe.Mn.Na/c6*1-2;;;/q;;;;;;-4;+2;+1. The molecule has 0 saturated carbocycles. The Bertz CT molecular complexity index is 397. The second kappa shape index (κ2) is 4.67. The maximum absolute atomic E-state index is 8.58. The summed E-state index contributed by atoms with van der Waals surface area (Å²) in [6.45, 7) is 0. The van der Waals surface area contributed by atoms with Gasteiger partial charge in [0.05, 0.1) is 0 Å². The third kappa shape index (κ3) is 1.86. The van der Waals surface area contributed by atoms with Gasteiger partial charge >= 0.3 is 119 Å². The van der Waals surface area contributed by atoms with E-state index in [2.05, 4.69) is 0 Å². The van der Waals surface area contributed by atoms with Crippen LogP contribution < -0.4 is 29.6 Å². The van der Waals surface area contributed by atoms with Crippen LogP contribution >= 0.6 is 0 Å². The first-order chi connectivity index (χ1) is 5.97. The summed E-state index contributed by atoms with van der Waals surface area (Å²) in [5.74, 6) is 0. The van der Waals surface area contributed by atoms with Crippen LogP contribution in [0.3, 0.4) is 0 Å². The molecule has 0 spiro atoms. The van der Waals surface area contributed by atoms with Crippen LogP contribution in [-0.2, 0) is 27.8 Å². The van der Waals surface area contributed by atoms with Gasteiger partial charge in [-0.25, -0.2) is 0 Å². The first-order valence-electron chi connectivity index (χ1n) is 2.40. The van der Waals surface area contributed by atoms with Crippen molar-refractivity contribution in [3.05, 3.63) is 0 Å². The van der Waals surface area contributed by atoms with Gasteiger partial charge in [0.1, 0.15) is 0 Å². The first kappa shape index (κ1) is 19.5. The predicted molar refractivity (Wildman–Crippen MR) is 33.7 cm³/mol. The summed E-state index contributed by atoms with van der Waals surface area (Å²) < 4.78 is 0. The Morgan fingerprint density at radius 2 is 0.667 bits per heavy atom. The van der Waals surface area contributed by atoms with Crippen LogP contribution in [0.15, 0.2) is 0 Å². The van der Waals surface area contributed by atoms with Crippen molar-refractivity contribution in [1.29, 1.82) is 31.6 Å². The summed E-state index contributed by atoms with van der Waals surface area (Å²) in [7, 11) is -6.17. The van der Waals surface area contributed by atoms with Gasteiger partial charge < -0.3 is 0 Å². The molecule has 0 atom stereocenters. The van der Waals surface area contributed by atoms with E-state index in [0.717, 1.165) is 29.8 Å². The van der Waals surface area contributed by atoms with Gasteiger partial charge in [-0.3, -0.25) is 0 Å². The van der Waals surface area contributed by atoms with E-state index in [1.165, 1.54) is 0 Å². The van der Waals surface area contributed by atoms with Gasteiger partial charge in [-0.15, -0.1) is 0 Å². The largest absolute Gasteiger partial charge is 2.00 e. The molecular formula is C6FeMnN6Na-. The van der Waals surface area contributed by atoms with E-state index in [1.807, 2.05) is 0 Å². The monoisotopic (exact) mass is 290 g/mol. The molecule has 0 saturated heterocycles. The van der Waals surface area contributed by atoms with Gasteiger partial charge in [0.25, 0.3) is 0 Å². The van der Waals surface area contributed by atoms with Gasteiger partial charge in [-0.1, -0.05) is 0 Å². The van der Waals surface area contributed by atoms with Crippen LogP contribution in [-0.4, -0.2) is 0 Å². The third-order valence-corrected chi connectivity index (χ3v) is 4.89. The number of hydrogen-bond acceptors (Lipinski definition) is 6. The van der Waals surface area contributed by atoms with Crippen molar-refractivity contribution < 1.29 is 57.4 Å². The summed E-state index contributed by atoms with van der Waals surface area (Å²) in [5.41, 5.74) is 0. The van der Waals surface area contributed by atoms with Gasteiger partial charge in [-0.05, 0) is 0 Å². The molecule has 0 aliphatic heterocycles. The molecule has 0 amide bonds. The molecule has 0 unspecified atom stereocenters. The Morgan fingerprint density at radius 3 is 0.667 bits per heavy atom. The Hall–Kier alpha value is -1.02. The average Bonchev–Trinajstić information content (AvgIpc) is 2.26. The SMILES string of the molecule is N#[C][Fe-4]([C]#N)([C]#N)([C]#N)([C]#N)[C]#N.[Mn+2].[Na+]. The average molecular weight is 290 g/mol. The summed E-state index contributed by atoms with van der Waals surface area (Å²) >= 11 is 0. The van der Waals surface area contributed by atoms with Gasteiger partial charge in [0.15, 0.2) is 0 Å². The molecule has 0 fully saturated rings. The molecule has 0 heterocycles. The molecule has 0 rings (SSSR count). The van der Waals surface area contributed by atoms with Gasteiger partial charge in [0.2, 0.25) is 0 Å². The molecule has 0 aromatic rings. The summed E-state index contributed by atoms with van der Waals surface area (Å²) in [4.78, 5) is 6.19. The first-order valence-corrected chi connectivity index (χ1v) is 5.71. The number of rotatable bonds is 0. The van der Waals surface area contributed by atoms with Crippen molar-refractivity contribution in [3.63, 3.8) is 0 Å². The van der Waals surface area contributed by atoms with Gasteiger partial charge in [-0.2, -0.15) is 0 Å². The van der Waals surface area contributed by atoms with Crippen LogP contribution in [0, 0.1) is 61.4 Å². The summed E-state index contributed by atoms with van der Waals surface area (Å²) in [6, 6.07) is 0. The molecular weight excluding hydrogens is 290 g/mol. The van der Waals surface area contributed by atoms with E-state index < -0.39 is 10.7 Å². The normalized spacial score (nSPS) is 11.6. The number of nitriles is 6. The molecule has 71 valence electrons. The Morgan fingerprint density at radius 1 is 0.533 bits per heavy atom. The molecule has 0 aromatic heterocycles. The van der Waals surface area contributed by atoms with Gasteiger partial charge in [0, 0.05) is 0 Å². The molecule has 0 aromatic carbocycles. The molecule has 1 radical (unpaired) electrons. The molecule has 0 aliphatic carbocycles. The van der Waals surface area contributed by atoms with E-state index in [4.69, 9.17) is 31.6 Å². The Balaban J connectivity index is -0.000000720. The Kier molecular flexibility index (Phi) is 6.08. The molecule has 6 nitrogen and oxygen atoms in total. The zero-order valence-electron chi connectivity index (χ0n) is 7.41. The van der Waals surface area contributed by atoms with Crippen molar-refractivity contribution in [2.24, 2.45) is 0 Å². The van der Waals surface area contributed by atoms with Crippen LogP contribution in [0.1, 0.15) is 0 Å². The van der Waals surface area contributed by atoms with E-state index in [9.17, 15) is 0 Å². The van der Waals surface area contributed by atoms with Crippen LogP contribution in [0.2, 0.25) is 0 Å². The van der Waals surface area contributed by atoms with Crippen LogP contribution in [0.5, 0.6) is 0 Å². The smallest absolute Gasteiger partial charge is 1.00 e. The molecule has 0 bridgehead atoms. The van der Waals surface area contributed by atoms with Crippen molar-refractivity contribution >= 4 is 0 Å². The topological polar surface area (TPSA) is 143 Å². The third-order valence-electron chi connectivity index (χ3n) is 1.19.